The zero-order valence-electron chi connectivity index (χ0n) is 11.3. The summed E-state index contributed by atoms with van der Waals surface area (Å²) in [6.07, 6.45) is 1.69. The van der Waals surface area contributed by atoms with Crippen LogP contribution < -0.4 is 10.6 Å². The van der Waals surface area contributed by atoms with Crippen molar-refractivity contribution in [3.63, 3.8) is 0 Å². The van der Waals surface area contributed by atoms with Crippen LogP contribution in [0.2, 0.25) is 0 Å². The number of aliphatic hydroxyl groups is 1. The van der Waals surface area contributed by atoms with Crippen LogP contribution in [0.15, 0.2) is 18.2 Å². The summed E-state index contributed by atoms with van der Waals surface area (Å²) in [5.41, 5.74) is 1.48. The van der Waals surface area contributed by atoms with E-state index in [1.807, 2.05) is 6.07 Å². The normalized spacial score (nSPS) is 11.9. The van der Waals surface area contributed by atoms with Crippen LogP contribution in [-0.4, -0.2) is 30.2 Å². The smallest absolute Gasteiger partial charge is 0.273 e. The Hall–Kier alpha value is -1.82. The molecule has 1 aromatic rings. The van der Waals surface area contributed by atoms with Crippen molar-refractivity contribution in [2.45, 2.75) is 19.8 Å². The van der Waals surface area contributed by atoms with E-state index in [9.17, 15) is 10.1 Å². The van der Waals surface area contributed by atoms with Gasteiger partial charge in [-0.1, -0.05) is 13.3 Å². The minimum Gasteiger partial charge on any atom is -0.396 e. The Labute approximate surface area is 113 Å². The molecular weight excluding hydrogens is 246 g/mol. The maximum atomic E-state index is 10.8. The predicted octanol–water partition coefficient (Wildman–Crippen LogP) is 2.46. The van der Waals surface area contributed by atoms with E-state index in [-0.39, 0.29) is 12.3 Å². The molecule has 0 aliphatic carbocycles. The molecule has 0 bridgehead atoms. The number of nitrogens with zero attached hydrogens (tertiary/aromatic N) is 1. The Morgan fingerprint density at radius 3 is 2.58 bits per heavy atom. The van der Waals surface area contributed by atoms with Gasteiger partial charge in [-0.05, 0) is 18.4 Å². The van der Waals surface area contributed by atoms with Crippen molar-refractivity contribution in [2.24, 2.45) is 5.92 Å². The number of rotatable bonds is 8. The largest absolute Gasteiger partial charge is 0.396 e. The highest BCUT2D eigenvalue weighted by atomic mass is 16.6. The third-order valence-electron chi connectivity index (χ3n) is 3.13. The fourth-order valence-corrected chi connectivity index (χ4v) is 1.86. The Morgan fingerprint density at radius 1 is 1.37 bits per heavy atom. The molecular formula is C13H21N3O3. The van der Waals surface area contributed by atoms with E-state index in [0.29, 0.717) is 18.2 Å². The second kappa shape index (κ2) is 7.58. The van der Waals surface area contributed by atoms with Gasteiger partial charge in [0.2, 0.25) is 0 Å². The number of benzene rings is 1. The molecule has 1 rings (SSSR count). The number of aliphatic hydroxyl groups excluding tert-OH is 1. The molecule has 106 valence electrons. The van der Waals surface area contributed by atoms with Gasteiger partial charge in [0.15, 0.2) is 0 Å². The van der Waals surface area contributed by atoms with Crippen LogP contribution in [0, 0.1) is 16.0 Å². The fraction of sp³-hybridized carbons (Fsp3) is 0.538. The van der Waals surface area contributed by atoms with Gasteiger partial charge in [0.25, 0.3) is 5.69 Å². The first-order valence-corrected chi connectivity index (χ1v) is 6.42. The average molecular weight is 267 g/mol. The summed E-state index contributed by atoms with van der Waals surface area (Å²) in [7, 11) is 1.73. The van der Waals surface area contributed by atoms with Gasteiger partial charge in [0.1, 0.15) is 0 Å². The molecule has 0 aliphatic heterocycles. The molecule has 0 aliphatic rings. The van der Waals surface area contributed by atoms with E-state index >= 15 is 0 Å². The summed E-state index contributed by atoms with van der Waals surface area (Å²) in [6, 6.07) is 4.85. The van der Waals surface area contributed by atoms with Crippen LogP contribution in [0.3, 0.4) is 0 Å². The Morgan fingerprint density at radius 2 is 2.05 bits per heavy atom. The van der Waals surface area contributed by atoms with Crippen LogP contribution in [0.1, 0.15) is 19.8 Å². The lowest BCUT2D eigenvalue weighted by atomic mass is 10.0. The molecule has 6 nitrogen and oxygen atoms in total. The molecule has 1 aromatic carbocycles. The molecule has 0 radical (unpaired) electrons. The zero-order chi connectivity index (χ0) is 14.3. The maximum Gasteiger partial charge on any atom is 0.273 e. The van der Waals surface area contributed by atoms with Gasteiger partial charge in [0.05, 0.1) is 4.92 Å². The van der Waals surface area contributed by atoms with Crippen molar-refractivity contribution < 1.29 is 10.0 Å². The standard InChI is InChI=1S/C13H21N3O3/c1-3-10(4-5-17)9-15-12-6-11(14-2)7-13(8-12)16(18)19/h6-8,10,14-15,17H,3-5,9H2,1-2H3. The molecule has 0 spiro atoms. The molecule has 1 atom stereocenters. The molecule has 0 fully saturated rings. The van der Waals surface area contributed by atoms with Gasteiger partial charge in [-0.2, -0.15) is 0 Å². The molecule has 19 heavy (non-hydrogen) atoms. The minimum atomic E-state index is -0.406. The molecule has 6 heteroatoms. The number of hydrogen-bond acceptors (Lipinski definition) is 5. The number of anilines is 2. The second-order valence-corrected chi connectivity index (χ2v) is 4.44. The van der Waals surface area contributed by atoms with Crippen molar-refractivity contribution in [3.05, 3.63) is 28.3 Å². The summed E-state index contributed by atoms with van der Waals surface area (Å²) in [5, 5.41) is 25.9. The first kappa shape index (κ1) is 15.2. The topological polar surface area (TPSA) is 87.4 Å². The van der Waals surface area contributed by atoms with Crippen molar-refractivity contribution in [1.82, 2.24) is 0 Å². The number of nitrogens with one attached hydrogen (secondary N) is 2. The van der Waals surface area contributed by atoms with Crippen molar-refractivity contribution in [3.8, 4) is 0 Å². The van der Waals surface area contributed by atoms with Gasteiger partial charge in [-0.25, -0.2) is 0 Å². The first-order chi connectivity index (χ1) is 9.10. The number of nitro benzene ring substituents is 1. The van der Waals surface area contributed by atoms with Crippen LogP contribution in [0.4, 0.5) is 17.1 Å². The van der Waals surface area contributed by atoms with Gasteiger partial charge in [-0.3, -0.25) is 10.1 Å². The highest BCUT2D eigenvalue weighted by molar-refractivity contribution is 5.63. The van der Waals surface area contributed by atoms with Gasteiger partial charge < -0.3 is 15.7 Å². The van der Waals surface area contributed by atoms with Crippen molar-refractivity contribution >= 4 is 17.1 Å². The van der Waals surface area contributed by atoms with E-state index in [1.54, 1.807) is 7.05 Å². The molecule has 1 unspecified atom stereocenters. The quantitative estimate of drug-likeness (QED) is 0.497. The Bertz CT molecular complexity index is 424. The number of hydrogen-bond donors (Lipinski definition) is 3. The third-order valence-corrected chi connectivity index (χ3v) is 3.13. The number of nitro groups is 1. The maximum absolute atomic E-state index is 10.8. The molecule has 0 saturated carbocycles. The summed E-state index contributed by atoms with van der Waals surface area (Å²) in [5.74, 6) is 0.363. The van der Waals surface area contributed by atoms with Gasteiger partial charge in [-0.15, -0.1) is 0 Å². The lowest BCUT2D eigenvalue weighted by Gasteiger charge is -2.15. The molecule has 0 heterocycles. The Balaban J connectivity index is 2.76. The van der Waals surface area contributed by atoms with Gasteiger partial charge in [0, 0.05) is 43.7 Å². The lowest BCUT2D eigenvalue weighted by molar-refractivity contribution is -0.384. The SMILES string of the molecule is CCC(CCO)CNc1cc(NC)cc([N+](=O)[O-])c1. The van der Waals surface area contributed by atoms with Crippen LogP contribution in [0.25, 0.3) is 0 Å². The highest BCUT2D eigenvalue weighted by Crippen LogP contribution is 2.24. The number of non-ortho nitro benzene ring substituents is 1. The van der Waals surface area contributed by atoms with E-state index in [4.69, 9.17) is 5.11 Å². The van der Waals surface area contributed by atoms with Gasteiger partial charge >= 0.3 is 0 Å². The molecule has 0 amide bonds. The highest BCUT2D eigenvalue weighted by Gasteiger charge is 2.10. The van der Waals surface area contributed by atoms with E-state index in [2.05, 4.69) is 17.6 Å². The van der Waals surface area contributed by atoms with Crippen LogP contribution in [-0.2, 0) is 0 Å². The van der Waals surface area contributed by atoms with Crippen LogP contribution in [0.5, 0.6) is 0 Å². The summed E-state index contributed by atoms with van der Waals surface area (Å²) in [4.78, 5) is 10.4. The molecule has 0 saturated heterocycles. The fourth-order valence-electron chi connectivity index (χ4n) is 1.86. The third kappa shape index (κ3) is 4.75. The average Bonchev–Trinajstić information content (AvgIpc) is 2.42. The lowest BCUT2D eigenvalue weighted by Crippen LogP contribution is -2.15. The monoisotopic (exact) mass is 267 g/mol. The van der Waals surface area contributed by atoms with E-state index in [1.165, 1.54) is 12.1 Å². The summed E-state index contributed by atoms with van der Waals surface area (Å²) >= 11 is 0. The van der Waals surface area contributed by atoms with Crippen molar-refractivity contribution in [2.75, 3.05) is 30.8 Å². The van der Waals surface area contributed by atoms with E-state index < -0.39 is 4.92 Å². The minimum absolute atomic E-state index is 0.0598. The molecule has 0 aromatic heterocycles. The Kier molecular flexibility index (Phi) is 6.08. The van der Waals surface area contributed by atoms with Crippen LogP contribution >= 0.6 is 0 Å². The summed E-state index contributed by atoms with van der Waals surface area (Å²) in [6.45, 7) is 2.92. The second-order valence-electron chi connectivity index (χ2n) is 4.44. The molecule has 3 N–H and O–H groups in total. The first-order valence-electron chi connectivity index (χ1n) is 6.42. The van der Waals surface area contributed by atoms with E-state index in [0.717, 1.165) is 18.5 Å². The predicted molar refractivity (Wildman–Crippen MR) is 76.6 cm³/mol. The zero-order valence-corrected chi connectivity index (χ0v) is 11.3. The summed E-state index contributed by atoms with van der Waals surface area (Å²) < 4.78 is 0. The van der Waals surface area contributed by atoms with Crippen molar-refractivity contribution in [1.29, 1.82) is 0 Å².